The molecule has 3 aromatic rings. The van der Waals surface area contributed by atoms with Crippen LogP contribution in [0.5, 0.6) is 11.5 Å². The van der Waals surface area contributed by atoms with Gasteiger partial charge in [0.1, 0.15) is 17.6 Å². The van der Waals surface area contributed by atoms with E-state index < -0.39 is 9.84 Å². The Labute approximate surface area is 193 Å². The predicted octanol–water partition coefficient (Wildman–Crippen LogP) is 5.96. The third-order valence-corrected chi connectivity index (χ3v) is 6.50. The van der Waals surface area contributed by atoms with Gasteiger partial charge in [-0.05, 0) is 67.4 Å². The zero-order valence-electron chi connectivity index (χ0n) is 17.7. The van der Waals surface area contributed by atoms with Crippen molar-refractivity contribution >= 4 is 27.5 Å². The van der Waals surface area contributed by atoms with Gasteiger partial charge < -0.3 is 9.47 Å². The topological polar surface area (TPSA) is 76.4 Å². The molecule has 0 radical (unpaired) electrons. The normalized spacial score (nSPS) is 11.6. The molecule has 0 aliphatic heterocycles. The van der Waals surface area contributed by atoms with Gasteiger partial charge >= 0.3 is 0 Å². The maximum Gasteiger partial charge on any atom is 0.216 e. The number of halogens is 1. The van der Waals surface area contributed by atoms with Crippen molar-refractivity contribution in [1.29, 1.82) is 5.26 Å². The van der Waals surface area contributed by atoms with E-state index in [-0.39, 0.29) is 9.80 Å². The molecule has 3 aromatic carbocycles. The van der Waals surface area contributed by atoms with Gasteiger partial charge in [0.25, 0.3) is 0 Å². The quantitative estimate of drug-likeness (QED) is 0.382. The van der Waals surface area contributed by atoms with Crippen LogP contribution in [0.4, 0.5) is 0 Å². The summed E-state index contributed by atoms with van der Waals surface area (Å²) in [5, 5.41) is 10.2. The van der Waals surface area contributed by atoms with Crippen LogP contribution < -0.4 is 9.47 Å². The molecule has 0 unspecified atom stereocenters. The minimum atomic E-state index is -3.94. The van der Waals surface area contributed by atoms with Crippen molar-refractivity contribution in [1.82, 2.24) is 0 Å². The predicted molar refractivity (Wildman–Crippen MR) is 125 cm³/mol. The third-order valence-electron chi connectivity index (χ3n) is 4.58. The molecule has 32 heavy (non-hydrogen) atoms. The van der Waals surface area contributed by atoms with Crippen molar-refractivity contribution < 1.29 is 17.9 Å². The molecule has 0 fully saturated rings. The number of nitriles is 1. The fraction of sp³-hybridized carbons (Fsp3) is 0.160. The second kappa shape index (κ2) is 10.4. The molecule has 0 spiro atoms. The number of aryl methyl sites for hydroxylation is 1. The highest BCUT2D eigenvalue weighted by Gasteiger charge is 2.21. The number of sulfone groups is 1. The molecular weight excluding hydrogens is 446 g/mol. The minimum absolute atomic E-state index is 0.0717. The maximum atomic E-state index is 12.9. The van der Waals surface area contributed by atoms with Gasteiger partial charge in [0.2, 0.25) is 9.84 Å². The fourth-order valence-electron chi connectivity index (χ4n) is 2.96. The first-order valence-electron chi connectivity index (χ1n) is 9.91. The van der Waals surface area contributed by atoms with Crippen LogP contribution in [0.1, 0.15) is 23.6 Å². The van der Waals surface area contributed by atoms with Crippen molar-refractivity contribution in [2.45, 2.75) is 25.3 Å². The summed E-state index contributed by atoms with van der Waals surface area (Å²) in [5.74, 6) is 0.956. The van der Waals surface area contributed by atoms with E-state index in [1.54, 1.807) is 36.4 Å². The first-order chi connectivity index (χ1) is 15.3. The maximum absolute atomic E-state index is 12.9. The highest BCUT2D eigenvalue weighted by Crippen LogP contribution is 2.31. The van der Waals surface area contributed by atoms with Crippen molar-refractivity contribution in [3.8, 4) is 17.6 Å². The van der Waals surface area contributed by atoms with Crippen LogP contribution >= 0.6 is 11.6 Å². The standard InChI is InChI=1S/C25H22ClNO4S/c1-3-30-25-15-19(9-12-24(25)31-17-20-5-4-6-21(26)13-20)14-23(16-27)32(28,29)22-10-7-18(2)8-11-22/h4-15H,3,17H2,1-2H3. The summed E-state index contributed by atoms with van der Waals surface area (Å²) < 4.78 is 37.3. The summed E-state index contributed by atoms with van der Waals surface area (Å²) in [7, 11) is -3.94. The van der Waals surface area contributed by atoms with Crippen molar-refractivity contribution in [3.05, 3.63) is 93.3 Å². The van der Waals surface area contributed by atoms with Gasteiger partial charge in [-0.1, -0.05) is 47.5 Å². The third kappa shape index (κ3) is 5.70. The summed E-state index contributed by atoms with van der Waals surface area (Å²) in [6.07, 6.45) is 1.33. The molecule has 0 atom stereocenters. The monoisotopic (exact) mass is 467 g/mol. The van der Waals surface area contributed by atoms with E-state index in [2.05, 4.69) is 0 Å². The van der Waals surface area contributed by atoms with Gasteiger partial charge in [0.05, 0.1) is 11.5 Å². The van der Waals surface area contributed by atoms with Crippen LogP contribution in [-0.4, -0.2) is 15.0 Å². The minimum Gasteiger partial charge on any atom is -0.490 e. The smallest absolute Gasteiger partial charge is 0.216 e. The van der Waals surface area contributed by atoms with Gasteiger partial charge in [0.15, 0.2) is 11.5 Å². The highest BCUT2D eigenvalue weighted by molar-refractivity contribution is 7.95. The summed E-state index contributed by atoms with van der Waals surface area (Å²) in [4.78, 5) is -0.279. The van der Waals surface area contributed by atoms with Crippen molar-refractivity contribution in [2.75, 3.05) is 6.61 Å². The Bertz CT molecular complexity index is 1280. The molecule has 164 valence electrons. The van der Waals surface area contributed by atoms with Gasteiger partial charge in [-0.25, -0.2) is 8.42 Å². The SMILES string of the molecule is CCOc1cc(C=C(C#N)S(=O)(=O)c2ccc(C)cc2)ccc1OCc1cccc(Cl)c1. The Hall–Kier alpha value is -3.27. The fourth-order valence-corrected chi connectivity index (χ4v) is 4.33. The average molecular weight is 468 g/mol. The zero-order chi connectivity index (χ0) is 23.1. The van der Waals surface area contributed by atoms with Crippen LogP contribution in [0.3, 0.4) is 0 Å². The van der Waals surface area contributed by atoms with Crippen LogP contribution in [0, 0.1) is 18.3 Å². The van der Waals surface area contributed by atoms with E-state index in [9.17, 15) is 13.7 Å². The molecule has 0 bridgehead atoms. The molecule has 0 saturated carbocycles. The van der Waals surface area contributed by atoms with Gasteiger partial charge in [-0.3, -0.25) is 0 Å². The Balaban J connectivity index is 1.90. The number of ether oxygens (including phenoxy) is 2. The second-order valence-corrected chi connectivity index (χ2v) is 9.35. The number of nitrogens with zero attached hydrogens (tertiary/aromatic N) is 1. The van der Waals surface area contributed by atoms with Gasteiger partial charge in [-0.2, -0.15) is 5.26 Å². The van der Waals surface area contributed by atoms with E-state index >= 15 is 0 Å². The summed E-state index contributed by atoms with van der Waals surface area (Å²) >= 11 is 6.02. The number of rotatable bonds is 8. The van der Waals surface area contributed by atoms with Crippen LogP contribution in [0.25, 0.3) is 6.08 Å². The summed E-state index contributed by atoms with van der Waals surface area (Å²) in [6.45, 7) is 4.39. The van der Waals surface area contributed by atoms with Crippen molar-refractivity contribution in [3.63, 3.8) is 0 Å². The first kappa shape index (κ1) is 23.4. The zero-order valence-corrected chi connectivity index (χ0v) is 19.3. The lowest BCUT2D eigenvalue weighted by Gasteiger charge is -2.13. The largest absolute Gasteiger partial charge is 0.490 e. The average Bonchev–Trinajstić information content (AvgIpc) is 2.77. The Morgan fingerprint density at radius 3 is 2.44 bits per heavy atom. The summed E-state index contributed by atoms with van der Waals surface area (Å²) in [6, 6.07) is 20.6. The Morgan fingerprint density at radius 2 is 1.78 bits per heavy atom. The van der Waals surface area contributed by atoms with Gasteiger partial charge in [0, 0.05) is 5.02 Å². The van der Waals surface area contributed by atoms with E-state index in [4.69, 9.17) is 21.1 Å². The lowest BCUT2D eigenvalue weighted by atomic mass is 10.2. The van der Waals surface area contributed by atoms with E-state index in [0.29, 0.717) is 35.3 Å². The van der Waals surface area contributed by atoms with Crippen LogP contribution in [-0.2, 0) is 16.4 Å². The first-order valence-corrected chi connectivity index (χ1v) is 11.8. The molecule has 0 aliphatic carbocycles. The lowest BCUT2D eigenvalue weighted by molar-refractivity contribution is 0.269. The Kier molecular flexibility index (Phi) is 7.57. The molecule has 7 heteroatoms. The summed E-state index contributed by atoms with van der Waals surface area (Å²) in [5.41, 5.74) is 2.34. The molecule has 0 heterocycles. The van der Waals surface area contributed by atoms with Crippen molar-refractivity contribution in [2.24, 2.45) is 0 Å². The molecule has 0 aromatic heterocycles. The number of allylic oxidation sites excluding steroid dienone is 1. The molecule has 0 saturated heterocycles. The van der Waals surface area contributed by atoms with E-state index in [1.165, 1.54) is 18.2 Å². The highest BCUT2D eigenvalue weighted by atomic mass is 35.5. The number of benzene rings is 3. The Morgan fingerprint density at radius 1 is 1.03 bits per heavy atom. The molecule has 5 nitrogen and oxygen atoms in total. The molecule has 0 N–H and O–H groups in total. The number of hydrogen-bond donors (Lipinski definition) is 0. The molecule has 3 rings (SSSR count). The molecule has 0 aliphatic rings. The number of hydrogen-bond acceptors (Lipinski definition) is 5. The lowest BCUT2D eigenvalue weighted by Crippen LogP contribution is -2.04. The van der Waals surface area contributed by atoms with Crippen LogP contribution in [0.2, 0.25) is 5.02 Å². The van der Waals surface area contributed by atoms with E-state index in [0.717, 1.165) is 11.1 Å². The van der Waals surface area contributed by atoms with E-state index in [1.807, 2.05) is 38.1 Å². The molecular formula is C25H22ClNO4S. The second-order valence-electron chi connectivity index (χ2n) is 6.99. The molecule has 0 amide bonds. The van der Waals surface area contributed by atoms with Crippen LogP contribution in [0.15, 0.2) is 76.5 Å². The van der Waals surface area contributed by atoms with Gasteiger partial charge in [-0.15, -0.1) is 0 Å².